The Balaban J connectivity index is 1.89. The summed E-state index contributed by atoms with van der Waals surface area (Å²) >= 11 is 0. The number of nitrogens with zero attached hydrogens (tertiary/aromatic N) is 1. The molecule has 0 aromatic carbocycles. The van der Waals surface area contributed by atoms with Crippen molar-refractivity contribution >= 4 is 5.78 Å². The lowest BCUT2D eigenvalue weighted by Gasteiger charge is -2.27. The first-order chi connectivity index (χ1) is 7.16. The highest BCUT2D eigenvalue weighted by Crippen LogP contribution is 2.32. The summed E-state index contributed by atoms with van der Waals surface area (Å²) in [5, 5.41) is 0. The van der Waals surface area contributed by atoms with E-state index in [-0.39, 0.29) is 0 Å². The minimum atomic E-state index is 0.352. The van der Waals surface area contributed by atoms with Gasteiger partial charge in [-0.05, 0) is 38.8 Å². The van der Waals surface area contributed by atoms with Crippen molar-refractivity contribution in [2.45, 2.75) is 39.0 Å². The van der Waals surface area contributed by atoms with E-state index in [0.29, 0.717) is 17.6 Å². The minimum absolute atomic E-state index is 0.352. The van der Waals surface area contributed by atoms with Crippen LogP contribution in [0.2, 0.25) is 0 Å². The van der Waals surface area contributed by atoms with Gasteiger partial charge in [-0.2, -0.15) is 0 Å². The Labute approximate surface area is 93.0 Å². The van der Waals surface area contributed by atoms with Gasteiger partial charge in [0.1, 0.15) is 5.78 Å². The first kappa shape index (κ1) is 11.1. The second-order valence-corrected chi connectivity index (χ2v) is 5.62. The quantitative estimate of drug-likeness (QED) is 0.695. The number of ketones is 1. The molecule has 3 unspecified atom stereocenters. The maximum atomic E-state index is 12.3. The molecule has 86 valence electrons. The van der Waals surface area contributed by atoms with Crippen LogP contribution in [0.15, 0.2) is 0 Å². The van der Waals surface area contributed by atoms with Crippen molar-refractivity contribution in [2.24, 2.45) is 17.8 Å². The molecule has 0 N–H and O–H groups in total. The summed E-state index contributed by atoms with van der Waals surface area (Å²) in [4.78, 5) is 14.6. The van der Waals surface area contributed by atoms with Crippen LogP contribution < -0.4 is 0 Å². The standard InChI is InChI=1S/C13H23NO/c1-10-4-3-5-11(8-10)13(15)12-6-7-14(2)9-12/h10-12H,3-9H2,1-2H3. The van der Waals surface area contributed by atoms with E-state index in [0.717, 1.165) is 38.3 Å². The Morgan fingerprint density at radius 3 is 2.60 bits per heavy atom. The van der Waals surface area contributed by atoms with Crippen molar-refractivity contribution in [3.8, 4) is 0 Å². The number of hydrogen-bond acceptors (Lipinski definition) is 2. The van der Waals surface area contributed by atoms with Gasteiger partial charge in [0.05, 0.1) is 0 Å². The van der Waals surface area contributed by atoms with Crippen LogP contribution in [0.4, 0.5) is 0 Å². The number of hydrogen-bond donors (Lipinski definition) is 0. The van der Waals surface area contributed by atoms with Crippen LogP contribution in [0.3, 0.4) is 0 Å². The first-order valence-electron chi connectivity index (χ1n) is 6.39. The van der Waals surface area contributed by atoms with Crippen LogP contribution >= 0.6 is 0 Å². The van der Waals surface area contributed by atoms with Gasteiger partial charge in [0.15, 0.2) is 0 Å². The molecule has 1 heterocycles. The average Bonchev–Trinajstić information content (AvgIpc) is 2.64. The molecule has 0 aromatic heterocycles. The van der Waals surface area contributed by atoms with Crippen LogP contribution in [-0.2, 0) is 4.79 Å². The molecule has 0 radical (unpaired) electrons. The SMILES string of the molecule is CC1CCCC(C(=O)C2CCN(C)C2)C1. The van der Waals surface area contributed by atoms with E-state index in [2.05, 4.69) is 18.9 Å². The van der Waals surface area contributed by atoms with E-state index in [9.17, 15) is 4.79 Å². The third-order valence-electron chi connectivity index (χ3n) is 4.13. The Hall–Kier alpha value is -0.370. The zero-order chi connectivity index (χ0) is 10.8. The smallest absolute Gasteiger partial charge is 0.140 e. The van der Waals surface area contributed by atoms with Gasteiger partial charge >= 0.3 is 0 Å². The van der Waals surface area contributed by atoms with E-state index in [1.165, 1.54) is 12.8 Å². The van der Waals surface area contributed by atoms with Crippen LogP contribution in [0.5, 0.6) is 0 Å². The highest BCUT2D eigenvalue weighted by Gasteiger charge is 2.33. The summed E-state index contributed by atoms with van der Waals surface area (Å²) in [7, 11) is 2.12. The van der Waals surface area contributed by atoms with E-state index < -0.39 is 0 Å². The Kier molecular flexibility index (Phi) is 3.45. The number of Topliss-reactive ketones (excluding diaryl/α,β-unsaturated/α-hetero) is 1. The molecule has 0 amide bonds. The summed E-state index contributed by atoms with van der Waals surface area (Å²) in [6, 6.07) is 0. The number of likely N-dealkylation sites (tertiary alicyclic amines) is 1. The summed E-state index contributed by atoms with van der Waals surface area (Å²) in [5.41, 5.74) is 0. The molecule has 15 heavy (non-hydrogen) atoms. The molecule has 1 aliphatic heterocycles. The van der Waals surface area contributed by atoms with Gasteiger partial charge in [-0.25, -0.2) is 0 Å². The van der Waals surface area contributed by atoms with Gasteiger partial charge < -0.3 is 4.90 Å². The lowest BCUT2D eigenvalue weighted by atomic mass is 9.77. The van der Waals surface area contributed by atoms with E-state index >= 15 is 0 Å². The molecule has 0 bridgehead atoms. The monoisotopic (exact) mass is 209 g/mol. The van der Waals surface area contributed by atoms with Gasteiger partial charge in [0, 0.05) is 18.4 Å². The van der Waals surface area contributed by atoms with Crippen molar-refractivity contribution in [2.75, 3.05) is 20.1 Å². The fraction of sp³-hybridized carbons (Fsp3) is 0.923. The first-order valence-corrected chi connectivity index (χ1v) is 6.39. The second kappa shape index (κ2) is 4.65. The van der Waals surface area contributed by atoms with Crippen LogP contribution in [0.25, 0.3) is 0 Å². The number of carbonyl (C=O) groups is 1. The molecule has 3 atom stereocenters. The highest BCUT2D eigenvalue weighted by atomic mass is 16.1. The molecular weight excluding hydrogens is 186 g/mol. The minimum Gasteiger partial charge on any atom is -0.306 e. The number of rotatable bonds is 2. The summed E-state index contributed by atoms with van der Waals surface area (Å²) in [6.07, 6.45) is 6.00. The van der Waals surface area contributed by atoms with Crippen molar-refractivity contribution in [3.63, 3.8) is 0 Å². The average molecular weight is 209 g/mol. The fourth-order valence-electron chi connectivity index (χ4n) is 3.19. The Morgan fingerprint density at radius 2 is 2.00 bits per heavy atom. The maximum absolute atomic E-state index is 12.3. The van der Waals surface area contributed by atoms with E-state index in [1.54, 1.807) is 0 Å². The van der Waals surface area contributed by atoms with Gasteiger partial charge in [-0.1, -0.05) is 19.8 Å². The molecule has 1 aliphatic carbocycles. The van der Waals surface area contributed by atoms with Gasteiger partial charge in [-0.3, -0.25) is 4.79 Å². The largest absolute Gasteiger partial charge is 0.306 e. The third kappa shape index (κ3) is 2.60. The molecule has 0 spiro atoms. The maximum Gasteiger partial charge on any atom is 0.140 e. The fourth-order valence-corrected chi connectivity index (χ4v) is 3.19. The predicted molar refractivity (Wildman–Crippen MR) is 61.7 cm³/mol. The molecule has 2 nitrogen and oxygen atoms in total. The number of carbonyl (C=O) groups excluding carboxylic acids is 1. The second-order valence-electron chi connectivity index (χ2n) is 5.62. The van der Waals surface area contributed by atoms with Crippen molar-refractivity contribution in [3.05, 3.63) is 0 Å². The van der Waals surface area contributed by atoms with Gasteiger partial charge in [0.25, 0.3) is 0 Å². The normalized spacial score (nSPS) is 38.1. The van der Waals surface area contributed by atoms with Crippen molar-refractivity contribution < 1.29 is 4.79 Å². The highest BCUT2D eigenvalue weighted by molar-refractivity contribution is 5.84. The summed E-state index contributed by atoms with van der Waals surface area (Å²) in [5.74, 6) is 2.09. The molecule has 2 aliphatic rings. The lowest BCUT2D eigenvalue weighted by Crippen LogP contribution is -2.29. The molecule has 2 rings (SSSR count). The molecular formula is C13H23NO. The van der Waals surface area contributed by atoms with Crippen LogP contribution in [0, 0.1) is 17.8 Å². The predicted octanol–water partition coefficient (Wildman–Crippen LogP) is 2.33. The molecule has 2 fully saturated rings. The lowest BCUT2D eigenvalue weighted by molar-refractivity contribution is -0.127. The molecule has 0 aromatic rings. The Bertz CT molecular complexity index is 239. The van der Waals surface area contributed by atoms with Crippen LogP contribution in [0.1, 0.15) is 39.0 Å². The zero-order valence-electron chi connectivity index (χ0n) is 10.0. The summed E-state index contributed by atoms with van der Waals surface area (Å²) < 4.78 is 0. The summed E-state index contributed by atoms with van der Waals surface area (Å²) in [6.45, 7) is 4.41. The van der Waals surface area contributed by atoms with Gasteiger partial charge in [0.2, 0.25) is 0 Å². The Morgan fingerprint density at radius 1 is 1.20 bits per heavy atom. The van der Waals surface area contributed by atoms with Crippen LogP contribution in [-0.4, -0.2) is 30.8 Å². The van der Waals surface area contributed by atoms with E-state index in [1.807, 2.05) is 0 Å². The zero-order valence-corrected chi connectivity index (χ0v) is 10.0. The van der Waals surface area contributed by atoms with Crippen molar-refractivity contribution in [1.29, 1.82) is 0 Å². The molecule has 1 saturated heterocycles. The van der Waals surface area contributed by atoms with E-state index in [4.69, 9.17) is 0 Å². The topological polar surface area (TPSA) is 20.3 Å². The van der Waals surface area contributed by atoms with Gasteiger partial charge in [-0.15, -0.1) is 0 Å². The molecule has 1 saturated carbocycles. The third-order valence-corrected chi connectivity index (χ3v) is 4.13. The molecule has 2 heteroatoms. The van der Waals surface area contributed by atoms with Crippen molar-refractivity contribution in [1.82, 2.24) is 4.90 Å².